The highest BCUT2D eigenvalue weighted by molar-refractivity contribution is 7.15. The van der Waals surface area contributed by atoms with Crippen LogP contribution >= 0.6 is 11.3 Å². The fourth-order valence-electron chi connectivity index (χ4n) is 3.15. The van der Waals surface area contributed by atoms with Crippen LogP contribution in [0.2, 0.25) is 0 Å². The maximum Gasteiger partial charge on any atom is 0.226 e. The van der Waals surface area contributed by atoms with Crippen molar-refractivity contribution < 1.29 is 4.79 Å². The van der Waals surface area contributed by atoms with Gasteiger partial charge in [-0.25, -0.2) is 4.98 Å². The van der Waals surface area contributed by atoms with E-state index in [0.29, 0.717) is 13.0 Å². The summed E-state index contributed by atoms with van der Waals surface area (Å²) in [4.78, 5) is 22.1. The number of pyridine rings is 1. The molecule has 4 rings (SSSR count). The number of aromatic nitrogens is 3. The first-order chi connectivity index (χ1) is 11.7. The molecule has 124 valence electrons. The van der Waals surface area contributed by atoms with Gasteiger partial charge < -0.3 is 10.6 Å². The summed E-state index contributed by atoms with van der Waals surface area (Å²) in [5.74, 6) is -0.00769. The number of nitrogens with one attached hydrogen (secondary N) is 2. The molecule has 1 aliphatic heterocycles. The van der Waals surface area contributed by atoms with E-state index < -0.39 is 0 Å². The highest BCUT2D eigenvalue weighted by atomic mass is 32.1. The van der Waals surface area contributed by atoms with Gasteiger partial charge in [0.25, 0.3) is 0 Å². The number of hydrogen-bond acceptors (Lipinski definition) is 5. The Morgan fingerprint density at radius 3 is 3.29 bits per heavy atom. The quantitative estimate of drug-likeness (QED) is 0.756. The minimum atomic E-state index is -0.00769. The molecule has 0 saturated heterocycles. The summed E-state index contributed by atoms with van der Waals surface area (Å²) in [7, 11) is 0. The van der Waals surface area contributed by atoms with Crippen molar-refractivity contribution in [2.45, 2.75) is 32.9 Å². The Hall–Kier alpha value is -2.25. The lowest BCUT2D eigenvalue weighted by Gasteiger charge is -2.21. The van der Waals surface area contributed by atoms with Crippen molar-refractivity contribution in [1.29, 1.82) is 0 Å². The van der Waals surface area contributed by atoms with Crippen molar-refractivity contribution in [3.05, 3.63) is 52.0 Å². The minimum Gasteiger partial charge on any atom is -0.352 e. The smallest absolute Gasteiger partial charge is 0.226 e. The third-order valence-corrected chi connectivity index (χ3v) is 5.19. The van der Waals surface area contributed by atoms with Crippen LogP contribution in [0.3, 0.4) is 0 Å². The fraction of sp³-hybridized carbons (Fsp3) is 0.353. The third-order valence-electron chi connectivity index (χ3n) is 4.42. The number of amides is 1. The van der Waals surface area contributed by atoms with Gasteiger partial charge in [-0.1, -0.05) is 0 Å². The molecule has 2 N–H and O–H groups in total. The number of imidazole rings is 1. The molecule has 1 amide bonds. The summed E-state index contributed by atoms with van der Waals surface area (Å²) in [6.45, 7) is 4.37. The SMILES string of the molecule is Cc1ncc2c(c1CNC(=O)Cc1cn3ccsc3n1)CCNC2. The van der Waals surface area contributed by atoms with Gasteiger partial charge in [-0.15, -0.1) is 11.3 Å². The Balaban J connectivity index is 1.44. The predicted molar refractivity (Wildman–Crippen MR) is 93.0 cm³/mol. The molecule has 0 radical (unpaired) electrons. The van der Waals surface area contributed by atoms with Gasteiger partial charge in [0, 0.05) is 42.8 Å². The van der Waals surface area contributed by atoms with E-state index in [1.54, 1.807) is 11.3 Å². The standard InChI is InChI=1S/C17H19N5OS/c1-11-15(14-2-3-18-7-12(14)8-19-11)9-20-16(23)6-13-10-22-4-5-24-17(22)21-13/h4-5,8,10,18H,2-3,6-7,9H2,1H3,(H,20,23). The van der Waals surface area contributed by atoms with E-state index in [-0.39, 0.29) is 5.91 Å². The number of nitrogens with zero attached hydrogens (tertiary/aromatic N) is 3. The van der Waals surface area contributed by atoms with E-state index in [1.165, 1.54) is 11.1 Å². The fourth-order valence-corrected chi connectivity index (χ4v) is 3.87. The zero-order valence-corrected chi connectivity index (χ0v) is 14.3. The minimum absolute atomic E-state index is 0.00769. The second-order valence-corrected chi connectivity index (χ2v) is 6.90. The van der Waals surface area contributed by atoms with Crippen molar-refractivity contribution in [2.75, 3.05) is 6.54 Å². The molecule has 0 saturated carbocycles. The van der Waals surface area contributed by atoms with Crippen LogP contribution in [0.5, 0.6) is 0 Å². The van der Waals surface area contributed by atoms with Crippen LogP contribution < -0.4 is 10.6 Å². The number of carbonyl (C=O) groups is 1. The molecular weight excluding hydrogens is 322 g/mol. The molecule has 0 spiro atoms. The Morgan fingerprint density at radius 2 is 2.42 bits per heavy atom. The Kier molecular flexibility index (Phi) is 4.03. The number of aryl methyl sites for hydroxylation is 1. The van der Waals surface area contributed by atoms with Crippen LogP contribution in [0.4, 0.5) is 0 Å². The second-order valence-electron chi connectivity index (χ2n) is 6.03. The molecule has 0 fully saturated rings. The molecule has 0 aliphatic carbocycles. The predicted octanol–water partition coefficient (Wildman–Crippen LogP) is 1.60. The molecule has 24 heavy (non-hydrogen) atoms. The summed E-state index contributed by atoms with van der Waals surface area (Å²) >= 11 is 1.57. The summed E-state index contributed by atoms with van der Waals surface area (Å²) in [6, 6.07) is 0. The Labute approximate surface area is 143 Å². The lowest BCUT2D eigenvalue weighted by Crippen LogP contribution is -2.29. The van der Waals surface area contributed by atoms with Crippen LogP contribution in [-0.2, 0) is 30.7 Å². The van der Waals surface area contributed by atoms with Crippen molar-refractivity contribution in [1.82, 2.24) is 25.0 Å². The van der Waals surface area contributed by atoms with Gasteiger partial charge in [0.1, 0.15) is 0 Å². The van der Waals surface area contributed by atoms with Crippen LogP contribution in [0, 0.1) is 6.92 Å². The molecule has 6 nitrogen and oxygen atoms in total. The molecule has 0 aromatic carbocycles. The molecule has 3 aromatic heterocycles. The molecule has 1 aliphatic rings. The average Bonchev–Trinajstić information content (AvgIpc) is 3.15. The number of rotatable bonds is 4. The zero-order valence-electron chi connectivity index (χ0n) is 13.5. The lowest BCUT2D eigenvalue weighted by molar-refractivity contribution is -0.120. The third kappa shape index (κ3) is 2.92. The van der Waals surface area contributed by atoms with Gasteiger partial charge in [-0.2, -0.15) is 0 Å². The Morgan fingerprint density at radius 1 is 1.50 bits per heavy atom. The van der Waals surface area contributed by atoms with Gasteiger partial charge in [-0.05, 0) is 36.6 Å². The Bertz CT molecular complexity index is 869. The van der Waals surface area contributed by atoms with E-state index in [0.717, 1.165) is 41.4 Å². The highest BCUT2D eigenvalue weighted by Crippen LogP contribution is 2.20. The lowest BCUT2D eigenvalue weighted by atomic mass is 9.96. The normalized spacial score (nSPS) is 13.9. The van der Waals surface area contributed by atoms with E-state index in [9.17, 15) is 4.79 Å². The molecule has 0 unspecified atom stereocenters. The average molecular weight is 341 g/mol. The number of hydrogen-bond donors (Lipinski definition) is 2. The molecule has 3 aromatic rings. The molecular formula is C17H19N5OS. The maximum atomic E-state index is 12.3. The highest BCUT2D eigenvalue weighted by Gasteiger charge is 2.16. The number of thiazole rings is 1. The summed E-state index contributed by atoms with van der Waals surface area (Å²) in [5.41, 5.74) is 5.54. The van der Waals surface area contributed by atoms with Crippen LogP contribution in [0.15, 0.2) is 24.0 Å². The first kappa shape index (κ1) is 15.3. The summed E-state index contributed by atoms with van der Waals surface area (Å²) < 4.78 is 1.95. The van der Waals surface area contributed by atoms with Crippen LogP contribution in [0.25, 0.3) is 4.96 Å². The molecule has 7 heteroatoms. The molecule has 0 atom stereocenters. The van der Waals surface area contributed by atoms with Crippen molar-refractivity contribution in [2.24, 2.45) is 0 Å². The topological polar surface area (TPSA) is 71.3 Å². The zero-order chi connectivity index (χ0) is 16.5. The van der Waals surface area contributed by atoms with E-state index in [4.69, 9.17) is 0 Å². The largest absolute Gasteiger partial charge is 0.352 e. The monoisotopic (exact) mass is 341 g/mol. The maximum absolute atomic E-state index is 12.3. The summed E-state index contributed by atoms with van der Waals surface area (Å²) in [6.07, 6.45) is 7.10. The van der Waals surface area contributed by atoms with Gasteiger partial charge in [0.05, 0.1) is 12.1 Å². The van der Waals surface area contributed by atoms with E-state index >= 15 is 0 Å². The van der Waals surface area contributed by atoms with Crippen molar-refractivity contribution in [3.63, 3.8) is 0 Å². The van der Waals surface area contributed by atoms with E-state index in [1.807, 2.05) is 35.3 Å². The molecule has 0 bridgehead atoms. The van der Waals surface area contributed by atoms with Crippen molar-refractivity contribution in [3.8, 4) is 0 Å². The van der Waals surface area contributed by atoms with Crippen molar-refractivity contribution >= 4 is 22.2 Å². The summed E-state index contributed by atoms with van der Waals surface area (Å²) in [5, 5.41) is 8.37. The van der Waals surface area contributed by atoms with Gasteiger partial charge in [0.2, 0.25) is 5.91 Å². The molecule has 4 heterocycles. The van der Waals surface area contributed by atoms with Gasteiger partial charge in [0.15, 0.2) is 4.96 Å². The first-order valence-corrected chi connectivity index (χ1v) is 8.93. The second kappa shape index (κ2) is 6.33. The van der Waals surface area contributed by atoms with Crippen LogP contribution in [0.1, 0.15) is 28.1 Å². The number of fused-ring (bicyclic) bond motifs is 2. The number of carbonyl (C=O) groups excluding carboxylic acids is 1. The van der Waals surface area contributed by atoms with Gasteiger partial charge >= 0.3 is 0 Å². The van der Waals surface area contributed by atoms with E-state index in [2.05, 4.69) is 20.6 Å². The van der Waals surface area contributed by atoms with Gasteiger partial charge in [-0.3, -0.25) is 14.2 Å². The van der Waals surface area contributed by atoms with Crippen LogP contribution in [-0.4, -0.2) is 26.8 Å². The first-order valence-electron chi connectivity index (χ1n) is 8.05.